The Morgan fingerprint density at radius 2 is 1.89 bits per heavy atom. The van der Waals surface area contributed by atoms with Crippen molar-refractivity contribution < 1.29 is 14.3 Å². The maximum absolute atomic E-state index is 12.2. The lowest BCUT2D eigenvalue weighted by Crippen LogP contribution is -2.20. The lowest BCUT2D eigenvalue weighted by molar-refractivity contribution is 0.0990. The van der Waals surface area contributed by atoms with Crippen LogP contribution in [0.15, 0.2) is 6.07 Å². The monoisotopic (exact) mass is 263 g/mol. The van der Waals surface area contributed by atoms with E-state index in [-0.39, 0.29) is 5.78 Å². The molecule has 4 nitrogen and oxygen atoms in total. The van der Waals surface area contributed by atoms with Crippen molar-refractivity contribution in [3.63, 3.8) is 0 Å². The number of carbonyl (C=O) groups excluding carboxylic acids is 1. The molecule has 0 spiro atoms. The Bertz CT molecular complexity index is 483. The molecule has 1 aliphatic carbocycles. The van der Waals surface area contributed by atoms with Crippen LogP contribution in [0.1, 0.15) is 34.3 Å². The minimum absolute atomic E-state index is 0.0334. The number of ketones is 1. The predicted octanol–water partition coefficient (Wildman–Crippen LogP) is 1.98. The first-order chi connectivity index (χ1) is 9.22. The maximum atomic E-state index is 12.2. The van der Waals surface area contributed by atoms with Gasteiger partial charge in [0, 0.05) is 11.1 Å². The van der Waals surface area contributed by atoms with Crippen molar-refractivity contribution in [2.75, 3.05) is 27.8 Å². The van der Waals surface area contributed by atoms with Crippen molar-refractivity contribution in [3.8, 4) is 11.5 Å². The fourth-order valence-corrected chi connectivity index (χ4v) is 2.75. The van der Waals surface area contributed by atoms with Gasteiger partial charge < -0.3 is 14.8 Å². The van der Waals surface area contributed by atoms with Gasteiger partial charge in [-0.25, -0.2) is 0 Å². The number of benzene rings is 1. The fraction of sp³-hybridized carbons (Fsp3) is 0.533. The van der Waals surface area contributed by atoms with Gasteiger partial charge >= 0.3 is 0 Å². The summed E-state index contributed by atoms with van der Waals surface area (Å²) in [7, 11) is 5.05. The Morgan fingerprint density at radius 3 is 2.47 bits per heavy atom. The van der Waals surface area contributed by atoms with Gasteiger partial charge in [-0.3, -0.25) is 4.79 Å². The summed E-state index contributed by atoms with van der Waals surface area (Å²) in [6, 6.07) is 1.82. The number of hydrogen-bond donors (Lipinski definition) is 1. The number of Topliss-reactive ketones (excluding diaryl/α,β-unsaturated/α-hetero) is 1. The second kappa shape index (κ2) is 6.06. The lowest BCUT2D eigenvalue weighted by atomic mass is 9.87. The van der Waals surface area contributed by atoms with E-state index in [1.807, 2.05) is 6.07 Å². The van der Waals surface area contributed by atoms with Crippen LogP contribution in [0.3, 0.4) is 0 Å². The van der Waals surface area contributed by atoms with Gasteiger partial charge in [0.15, 0.2) is 5.78 Å². The van der Waals surface area contributed by atoms with E-state index in [1.54, 1.807) is 21.3 Å². The summed E-state index contributed by atoms with van der Waals surface area (Å²) in [6.45, 7) is 0.304. The maximum Gasteiger partial charge on any atom is 0.180 e. The van der Waals surface area contributed by atoms with Gasteiger partial charge in [-0.05, 0) is 38.8 Å². The Hall–Kier alpha value is -1.55. The molecule has 0 heterocycles. The van der Waals surface area contributed by atoms with Crippen molar-refractivity contribution in [2.24, 2.45) is 0 Å². The molecule has 0 aromatic heterocycles. The third-order valence-electron chi connectivity index (χ3n) is 3.62. The van der Waals surface area contributed by atoms with Gasteiger partial charge in [-0.15, -0.1) is 0 Å². The van der Waals surface area contributed by atoms with E-state index < -0.39 is 0 Å². The normalized spacial score (nSPS) is 13.8. The molecule has 0 amide bonds. The molecule has 1 aromatic rings. The van der Waals surface area contributed by atoms with Gasteiger partial charge in [-0.1, -0.05) is 0 Å². The molecular weight excluding hydrogens is 242 g/mol. The lowest BCUT2D eigenvalue weighted by Gasteiger charge is -2.23. The molecule has 19 heavy (non-hydrogen) atoms. The van der Waals surface area contributed by atoms with Crippen LogP contribution in [0.2, 0.25) is 0 Å². The fourth-order valence-electron chi connectivity index (χ4n) is 2.75. The summed E-state index contributed by atoms with van der Waals surface area (Å²) in [5.41, 5.74) is 2.97. The zero-order valence-corrected chi connectivity index (χ0v) is 11.8. The summed E-state index contributed by atoms with van der Waals surface area (Å²) in [6.07, 6.45) is 4.25. The van der Waals surface area contributed by atoms with E-state index in [2.05, 4.69) is 5.32 Å². The number of methoxy groups -OCH3 is 2. The zero-order chi connectivity index (χ0) is 13.8. The third kappa shape index (κ3) is 2.59. The van der Waals surface area contributed by atoms with Gasteiger partial charge in [-0.2, -0.15) is 0 Å². The van der Waals surface area contributed by atoms with Crippen LogP contribution in [0.4, 0.5) is 0 Å². The van der Waals surface area contributed by atoms with Gasteiger partial charge in [0.25, 0.3) is 0 Å². The summed E-state index contributed by atoms with van der Waals surface area (Å²) < 4.78 is 11.0. The summed E-state index contributed by atoms with van der Waals surface area (Å²) in [5, 5.41) is 2.89. The number of rotatable bonds is 5. The van der Waals surface area contributed by atoms with Gasteiger partial charge in [0.1, 0.15) is 11.5 Å². The zero-order valence-electron chi connectivity index (χ0n) is 11.8. The van der Waals surface area contributed by atoms with E-state index in [0.717, 1.165) is 42.7 Å². The average Bonchev–Trinajstić information content (AvgIpc) is 2.45. The van der Waals surface area contributed by atoms with Crippen LogP contribution in [0.25, 0.3) is 0 Å². The Balaban J connectivity index is 2.56. The molecule has 1 N–H and O–H groups in total. The Morgan fingerprint density at radius 1 is 1.21 bits per heavy atom. The van der Waals surface area contributed by atoms with Crippen LogP contribution >= 0.6 is 0 Å². The first-order valence-electron chi connectivity index (χ1n) is 6.67. The standard InChI is InChI=1S/C15H21NO3/c1-16-9-13(17)12-8-14(18-2)10-6-4-5-7-11(10)15(12)19-3/h8,16H,4-7,9H2,1-3H3. The Labute approximate surface area is 114 Å². The molecule has 0 saturated heterocycles. The number of nitrogens with one attached hydrogen (secondary N) is 1. The largest absolute Gasteiger partial charge is 0.496 e. The SMILES string of the molecule is CNCC(=O)c1cc(OC)c2c(c1OC)CCCC2. The smallest absolute Gasteiger partial charge is 0.180 e. The highest BCUT2D eigenvalue weighted by Crippen LogP contribution is 2.39. The highest BCUT2D eigenvalue weighted by atomic mass is 16.5. The van der Waals surface area contributed by atoms with Gasteiger partial charge in [0.2, 0.25) is 0 Å². The highest BCUT2D eigenvalue weighted by Gasteiger charge is 2.24. The van der Waals surface area contributed by atoms with Crippen molar-refractivity contribution in [1.29, 1.82) is 0 Å². The van der Waals surface area contributed by atoms with E-state index in [0.29, 0.717) is 12.1 Å². The second-order valence-electron chi connectivity index (χ2n) is 4.78. The van der Waals surface area contributed by atoms with Gasteiger partial charge in [0.05, 0.1) is 26.3 Å². The summed E-state index contributed by atoms with van der Waals surface area (Å²) in [5.74, 6) is 1.58. The molecule has 2 rings (SSSR count). The number of likely N-dealkylation sites (N-methyl/N-ethyl adjacent to an activating group) is 1. The van der Waals surface area contributed by atoms with E-state index in [9.17, 15) is 4.79 Å². The number of ether oxygens (including phenoxy) is 2. The number of carbonyl (C=O) groups is 1. The first kappa shape index (κ1) is 13.9. The van der Waals surface area contributed by atoms with Crippen molar-refractivity contribution in [3.05, 3.63) is 22.8 Å². The Kier molecular flexibility index (Phi) is 4.43. The minimum Gasteiger partial charge on any atom is -0.496 e. The molecule has 0 saturated carbocycles. The first-order valence-corrected chi connectivity index (χ1v) is 6.67. The topological polar surface area (TPSA) is 47.6 Å². The van der Waals surface area contributed by atoms with E-state index in [1.165, 1.54) is 5.56 Å². The molecule has 104 valence electrons. The number of fused-ring (bicyclic) bond motifs is 1. The molecule has 0 unspecified atom stereocenters. The van der Waals surface area contributed by atoms with Crippen LogP contribution < -0.4 is 14.8 Å². The summed E-state index contributed by atoms with van der Waals surface area (Å²) in [4.78, 5) is 12.2. The second-order valence-corrected chi connectivity index (χ2v) is 4.78. The van der Waals surface area contributed by atoms with Crippen molar-refractivity contribution >= 4 is 5.78 Å². The predicted molar refractivity (Wildman–Crippen MR) is 74.4 cm³/mol. The third-order valence-corrected chi connectivity index (χ3v) is 3.62. The molecule has 0 aliphatic heterocycles. The van der Waals surface area contributed by atoms with Crippen molar-refractivity contribution in [2.45, 2.75) is 25.7 Å². The molecule has 0 atom stereocenters. The molecule has 0 bridgehead atoms. The van der Waals surface area contributed by atoms with Crippen LogP contribution in [-0.2, 0) is 12.8 Å². The van der Waals surface area contributed by atoms with Crippen molar-refractivity contribution in [1.82, 2.24) is 5.32 Å². The molecule has 1 aliphatic rings. The molecular formula is C15H21NO3. The highest BCUT2D eigenvalue weighted by molar-refractivity contribution is 6.01. The molecule has 4 heteroatoms. The minimum atomic E-state index is 0.0334. The molecule has 0 radical (unpaired) electrons. The average molecular weight is 263 g/mol. The molecule has 0 fully saturated rings. The number of hydrogen-bond acceptors (Lipinski definition) is 4. The van der Waals surface area contributed by atoms with E-state index in [4.69, 9.17) is 9.47 Å². The quantitative estimate of drug-likeness (QED) is 0.825. The summed E-state index contributed by atoms with van der Waals surface area (Å²) >= 11 is 0. The van der Waals surface area contributed by atoms with Crippen LogP contribution in [-0.4, -0.2) is 33.6 Å². The van der Waals surface area contributed by atoms with Crippen LogP contribution in [0.5, 0.6) is 11.5 Å². The van der Waals surface area contributed by atoms with Crippen LogP contribution in [0, 0.1) is 0 Å². The van der Waals surface area contributed by atoms with E-state index >= 15 is 0 Å². The molecule has 1 aromatic carbocycles.